The van der Waals surface area contributed by atoms with E-state index in [4.69, 9.17) is 4.74 Å². The van der Waals surface area contributed by atoms with Gasteiger partial charge in [-0.3, -0.25) is 9.13 Å². The first-order valence-electron chi connectivity index (χ1n) is 7.04. The highest BCUT2D eigenvalue weighted by Gasteiger charge is 2.24. The minimum absolute atomic E-state index is 0.0550. The molecule has 1 N–H and O–H groups in total. The third-order valence-corrected chi connectivity index (χ3v) is 4.20. The minimum atomic E-state index is -0.630. The molecule has 5 heteroatoms. The molecule has 0 radical (unpaired) electrons. The Bertz CT molecular complexity index is 680. The third-order valence-electron chi connectivity index (χ3n) is 4.20. The zero-order valence-corrected chi connectivity index (χ0v) is 11.9. The van der Waals surface area contributed by atoms with Crippen molar-refractivity contribution in [3.05, 3.63) is 34.2 Å². The number of aliphatic hydroxyl groups is 1. The van der Waals surface area contributed by atoms with Gasteiger partial charge in [0.25, 0.3) is 0 Å². The number of benzene rings is 1. The number of fused-ring (bicyclic) bond motifs is 1. The Morgan fingerprint density at radius 2 is 2.00 bits per heavy atom. The number of nitrogens with zero attached hydrogens (tertiary/aromatic N) is 2. The van der Waals surface area contributed by atoms with Crippen molar-refractivity contribution >= 4 is 11.0 Å². The lowest BCUT2D eigenvalue weighted by Gasteiger charge is -2.27. The molecule has 1 aromatic heterocycles. The van der Waals surface area contributed by atoms with Crippen LogP contribution in [0.25, 0.3) is 11.0 Å². The fraction of sp³-hybridized carbons (Fsp3) is 0.533. The molecule has 2 atom stereocenters. The van der Waals surface area contributed by atoms with Gasteiger partial charge in [-0.2, -0.15) is 0 Å². The maximum atomic E-state index is 11.9. The van der Waals surface area contributed by atoms with E-state index >= 15 is 0 Å². The van der Waals surface area contributed by atoms with Crippen LogP contribution in [0.5, 0.6) is 0 Å². The van der Waals surface area contributed by atoms with Gasteiger partial charge in [0.05, 0.1) is 17.1 Å². The van der Waals surface area contributed by atoms with E-state index in [-0.39, 0.29) is 11.8 Å². The van der Waals surface area contributed by atoms with Gasteiger partial charge in [0.15, 0.2) is 0 Å². The monoisotopic (exact) mass is 276 g/mol. The Hall–Kier alpha value is -1.59. The number of hydrogen-bond donors (Lipinski definition) is 1. The predicted octanol–water partition coefficient (Wildman–Crippen LogP) is 1.48. The molecule has 5 nitrogen and oxygen atoms in total. The van der Waals surface area contributed by atoms with Crippen molar-refractivity contribution in [3.63, 3.8) is 0 Å². The predicted molar refractivity (Wildman–Crippen MR) is 76.7 cm³/mol. The maximum absolute atomic E-state index is 11.9. The second-order valence-corrected chi connectivity index (χ2v) is 5.50. The summed E-state index contributed by atoms with van der Waals surface area (Å²) in [4.78, 5) is 11.9. The third kappa shape index (κ3) is 2.07. The molecule has 1 aromatic carbocycles. The van der Waals surface area contributed by atoms with Crippen LogP contribution in [0.1, 0.15) is 30.9 Å². The van der Waals surface area contributed by atoms with E-state index < -0.39 is 6.10 Å². The smallest absolute Gasteiger partial charge is 0.328 e. The summed E-state index contributed by atoms with van der Waals surface area (Å²) >= 11 is 0. The molecular weight excluding hydrogens is 256 g/mol. The second-order valence-electron chi connectivity index (χ2n) is 5.50. The van der Waals surface area contributed by atoms with Gasteiger partial charge < -0.3 is 9.84 Å². The Morgan fingerprint density at radius 3 is 2.70 bits per heavy atom. The first kappa shape index (κ1) is 13.4. The standard InChI is InChI=1S/C15H20N2O3/c1-16-11-7-6-10(9-12(11)17(2)15(16)19)14(18)13-5-3-4-8-20-13/h6-7,9,13-14,18H,3-5,8H2,1-2H3. The number of aliphatic hydroxyl groups excluding tert-OH is 1. The highest BCUT2D eigenvalue weighted by molar-refractivity contribution is 5.77. The molecular formula is C15H20N2O3. The number of rotatable bonds is 2. The van der Waals surface area contributed by atoms with Crippen LogP contribution in [0.4, 0.5) is 0 Å². The summed E-state index contributed by atoms with van der Waals surface area (Å²) in [6.45, 7) is 0.716. The number of ether oxygens (including phenoxy) is 1. The molecule has 3 rings (SSSR count). The summed E-state index contributed by atoms with van der Waals surface area (Å²) in [5.74, 6) is 0. The molecule has 0 aliphatic carbocycles. The lowest BCUT2D eigenvalue weighted by Crippen LogP contribution is -2.26. The van der Waals surface area contributed by atoms with Gasteiger partial charge in [0, 0.05) is 20.7 Å². The molecule has 0 spiro atoms. The summed E-state index contributed by atoms with van der Waals surface area (Å²) in [6, 6.07) is 5.65. The van der Waals surface area contributed by atoms with Crippen molar-refractivity contribution < 1.29 is 9.84 Å². The van der Waals surface area contributed by atoms with Crippen molar-refractivity contribution in [2.45, 2.75) is 31.5 Å². The van der Waals surface area contributed by atoms with Crippen LogP contribution >= 0.6 is 0 Å². The van der Waals surface area contributed by atoms with Crippen LogP contribution in [-0.4, -0.2) is 27.0 Å². The number of aromatic nitrogens is 2. The Balaban J connectivity index is 2.00. The fourth-order valence-electron chi connectivity index (χ4n) is 2.94. The zero-order chi connectivity index (χ0) is 14.3. The molecule has 0 amide bonds. The van der Waals surface area contributed by atoms with E-state index in [0.717, 1.165) is 35.9 Å². The molecule has 108 valence electrons. The van der Waals surface area contributed by atoms with Crippen LogP contribution < -0.4 is 5.69 Å². The van der Waals surface area contributed by atoms with Crippen LogP contribution in [0.15, 0.2) is 23.0 Å². The lowest BCUT2D eigenvalue weighted by atomic mass is 9.98. The van der Waals surface area contributed by atoms with Crippen molar-refractivity contribution in [1.29, 1.82) is 0 Å². The van der Waals surface area contributed by atoms with E-state index in [1.807, 2.05) is 18.2 Å². The van der Waals surface area contributed by atoms with Gasteiger partial charge in [-0.25, -0.2) is 4.79 Å². The average Bonchev–Trinajstić information content (AvgIpc) is 2.72. The molecule has 2 aromatic rings. The summed E-state index contributed by atoms with van der Waals surface area (Å²) in [5, 5.41) is 10.5. The average molecular weight is 276 g/mol. The minimum Gasteiger partial charge on any atom is -0.386 e. The van der Waals surface area contributed by atoms with E-state index in [1.54, 1.807) is 23.2 Å². The fourth-order valence-corrected chi connectivity index (χ4v) is 2.94. The van der Waals surface area contributed by atoms with E-state index in [0.29, 0.717) is 6.61 Å². The molecule has 2 unspecified atom stereocenters. The Morgan fingerprint density at radius 1 is 1.25 bits per heavy atom. The highest BCUT2D eigenvalue weighted by atomic mass is 16.5. The molecule has 0 bridgehead atoms. The van der Waals surface area contributed by atoms with Crippen molar-refractivity contribution in [1.82, 2.24) is 9.13 Å². The molecule has 2 heterocycles. The quantitative estimate of drug-likeness (QED) is 0.904. The first-order chi connectivity index (χ1) is 9.59. The van der Waals surface area contributed by atoms with Gasteiger partial charge in [-0.05, 0) is 37.0 Å². The summed E-state index contributed by atoms with van der Waals surface area (Å²) in [6.07, 6.45) is 2.27. The number of hydrogen-bond acceptors (Lipinski definition) is 3. The summed E-state index contributed by atoms with van der Waals surface area (Å²) < 4.78 is 8.86. The van der Waals surface area contributed by atoms with Crippen LogP contribution in [0.3, 0.4) is 0 Å². The Labute approximate surface area is 117 Å². The molecule has 1 aliphatic heterocycles. The van der Waals surface area contributed by atoms with E-state index in [9.17, 15) is 9.90 Å². The van der Waals surface area contributed by atoms with Gasteiger partial charge in [-0.15, -0.1) is 0 Å². The molecule has 1 fully saturated rings. The van der Waals surface area contributed by atoms with Gasteiger partial charge in [-0.1, -0.05) is 6.07 Å². The van der Waals surface area contributed by atoms with Crippen LogP contribution in [-0.2, 0) is 18.8 Å². The molecule has 0 saturated carbocycles. The summed E-state index contributed by atoms with van der Waals surface area (Å²) in [7, 11) is 3.50. The second kappa shape index (κ2) is 5.07. The Kier molecular flexibility index (Phi) is 3.40. The largest absolute Gasteiger partial charge is 0.386 e. The molecule has 20 heavy (non-hydrogen) atoms. The molecule has 1 saturated heterocycles. The van der Waals surface area contributed by atoms with Gasteiger partial charge in [0.2, 0.25) is 0 Å². The zero-order valence-electron chi connectivity index (χ0n) is 11.9. The SMILES string of the molecule is Cn1c(=O)n(C)c2cc(C(O)C3CCCCO3)ccc21. The first-order valence-corrected chi connectivity index (χ1v) is 7.04. The maximum Gasteiger partial charge on any atom is 0.328 e. The number of imidazole rings is 1. The van der Waals surface area contributed by atoms with Crippen molar-refractivity contribution in [2.24, 2.45) is 14.1 Å². The van der Waals surface area contributed by atoms with Gasteiger partial charge in [0.1, 0.15) is 6.10 Å². The van der Waals surface area contributed by atoms with E-state index in [2.05, 4.69) is 0 Å². The summed E-state index contributed by atoms with van der Waals surface area (Å²) in [5.41, 5.74) is 2.47. The molecule has 1 aliphatic rings. The van der Waals surface area contributed by atoms with Crippen LogP contribution in [0.2, 0.25) is 0 Å². The van der Waals surface area contributed by atoms with Gasteiger partial charge >= 0.3 is 5.69 Å². The van der Waals surface area contributed by atoms with Crippen LogP contribution in [0, 0.1) is 0 Å². The topological polar surface area (TPSA) is 56.4 Å². The highest BCUT2D eigenvalue weighted by Crippen LogP contribution is 2.28. The lowest BCUT2D eigenvalue weighted by molar-refractivity contribution is -0.0633. The van der Waals surface area contributed by atoms with Crippen molar-refractivity contribution in [2.75, 3.05) is 6.61 Å². The number of aryl methyl sites for hydroxylation is 2. The normalized spacial score (nSPS) is 21.2. The van der Waals surface area contributed by atoms with Crippen molar-refractivity contribution in [3.8, 4) is 0 Å². The van der Waals surface area contributed by atoms with E-state index in [1.165, 1.54) is 0 Å².